The van der Waals surface area contributed by atoms with Gasteiger partial charge in [0.05, 0.1) is 13.2 Å². The molecule has 7 nitrogen and oxygen atoms in total. The van der Waals surface area contributed by atoms with Gasteiger partial charge in [0.2, 0.25) is 5.91 Å². The lowest BCUT2D eigenvalue weighted by Gasteiger charge is -2.32. The molecule has 0 saturated carbocycles. The lowest BCUT2D eigenvalue weighted by atomic mass is 10.2. The Morgan fingerprint density at radius 2 is 2.25 bits per heavy atom. The molecular formula is C15H21N3O4S2. The predicted molar refractivity (Wildman–Crippen MR) is 91.8 cm³/mol. The normalized spacial score (nSPS) is 22.2. The summed E-state index contributed by atoms with van der Waals surface area (Å²) in [6, 6.07) is 0.280. The van der Waals surface area contributed by atoms with E-state index in [0.29, 0.717) is 13.0 Å². The van der Waals surface area contributed by atoms with Crippen molar-refractivity contribution in [2.75, 3.05) is 45.1 Å². The molecule has 2 fully saturated rings. The molecule has 132 valence electrons. The van der Waals surface area contributed by atoms with E-state index in [2.05, 4.69) is 9.88 Å². The zero-order chi connectivity index (χ0) is 16.9. The molecule has 1 N–H and O–H groups in total. The molecule has 1 amide bonds. The Hall–Kier alpha value is -1.16. The maximum atomic E-state index is 12.1. The van der Waals surface area contributed by atoms with Crippen molar-refractivity contribution in [3.05, 3.63) is 11.1 Å². The summed E-state index contributed by atoms with van der Waals surface area (Å²) in [7, 11) is 0. The maximum Gasteiger partial charge on any atom is 0.355 e. The number of nitrogens with zero attached hydrogens (tertiary/aromatic N) is 3. The van der Waals surface area contributed by atoms with E-state index in [9.17, 15) is 9.59 Å². The molecule has 0 aromatic carbocycles. The molecule has 24 heavy (non-hydrogen) atoms. The van der Waals surface area contributed by atoms with Crippen LogP contribution in [0.5, 0.6) is 0 Å². The Morgan fingerprint density at radius 3 is 2.96 bits per heavy atom. The highest BCUT2D eigenvalue weighted by atomic mass is 32.2. The molecule has 0 spiro atoms. The third-order valence-corrected chi connectivity index (χ3v) is 6.29. The second-order valence-electron chi connectivity index (χ2n) is 5.84. The minimum absolute atomic E-state index is 0.0879. The second kappa shape index (κ2) is 8.28. The summed E-state index contributed by atoms with van der Waals surface area (Å²) < 4.78 is 6.11. The zero-order valence-electron chi connectivity index (χ0n) is 13.3. The van der Waals surface area contributed by atoms with Crippen LogP contribution in [0.15, 0.2) is 9.72 Å². The molecule has 0 unspecified atom stereocenters. The van der Waals surface area contributed by atoms with Crippen LogP contribution in [0.3, 0.4) is 0 Å². The maximum absolute atomic E-state index is 12.1. The van der Waals surface area contributed by atoms with Gasteiger partial charge in [-0.3, -0.25) is 9.69 Å². The van der Waals surface area contributed by atoms with E-state index in [1.807, 2.05) is 4.90 Å². The fraction of sp³-hybridized carbons (Fsp3) is 0.667. The van der Waals surface area contributed by atoms with Crippen molar-refractivity contribution in [2.24, 2.45) is 0 Å². The molecule has 1 aromatic heterocycles. The topological polar surface area (TPSA) is 83.0 Å². The fourth-order valence-corrected chi connectivity index (χ4v) is 4.83. The molecule has 1 aromatic rings. The number of carbonyl (C=O) groups excluding carboxylic acids is 1. The smallest absolute Gasteiger partial charge is 0.355 e. The number of aromatic carboxylic acids is 1. The lowest BCUT2D eigenvalue weighted by molar-refractivity contribution is -0.129. The highest BCUT2D eigenvalue weighted by molar-refractivity contribution is 8.01. The monoisotopic (exact) mass is 371 g/mol. The van der Waals surface area contributed by atoms with Crippen LogP contribution in [0.2, 0.25) is 0 Å². The third-order valence-electron chi connectivity index (χ3n) is 4.29. The standard InChI is InChI=1S/C15H21N3O4S2/c19-13-2-1-11(9-17-3-6-22-7-4-17)18(13)5-8-23-15-16-12(10-24-15)14(20)21/h10-11H,1-9H2,(H,20,21)/t11-/m1/s1. The third kappa shape index (κ3) is 4.47. The SMILES string of the molecule is O=C(O)c1csc(SCCN2C(=O)CC[C@@H]2CN2CCOCC2)n1. The van der Waals surface area contributed by atoms with Gasteiger partial charge in [0.1, 0.15) is 0 Å². The Bertz CT molecular complexity index is 589. The van der Waals surface area contributed by atoms with E-state index in [-0.39, 0.29) is 17.6 Å². The number of morpholine rings is 1. The van der Waals surface area contributed by atoms with Gasteiger partial charge in [-0.15, -0.1) is 11.3 Å². The Balaban J connectivity index is 1.48. The van der Waals surface area contributed by atoms with Crippen molar-refractivity contribution in [3.8, 4) is 0 Å². The van der Waals surface area contributed by atoms with E-state index in [1.54, 1.807) is 5.38 Å². The summed E-state index contributed by atoms with van der Waals surface area (Å²) >= 11 is 2.85. The number of amides is 1. The van der Waals surface area contributed by atoms with E-state index in [1.165, 1.54) is 23.1 Å². The van der Waals surface area contributed by atoms with Crippen LogP contribution < -0.4 is 0 Å². The summed E-state index contributed by atoms with van der Waals surface area (Å²) in [5, 5.41) is 10.4. The lowest BCUT2D eigenvalue weighted by Crippen LogP contribution is -2.46. The molecule has 2 aliphatic heterocycles. The zero-order valence-corrected chi connectivity index (χ0v) is 15.0. The largest absolute Gasteiger partial charge is 0.476 e. The summed E-state index contributed by atoms with van der Waals surface area (Å²) in [5.41, 5.74) is 0.0879. The van der Waals surface area contributed by atoms with Gasteiger partial charge in [0, 0.05) is 49.8 Å². The number of thiazole rings is 1. The van der Waals surface area contributed by atoms with E-state index in [4.69, 9.17) is 9.84 Å². The summed E-state index contributed by atoms with van der Waals surface area (Å²) in [6.07, 6.45) is 1.54. The molecular weight excluding hydrogens is 350 g/mol. The van der Waals surface area contributed by atoms with Gasteiger partial charge >= 0.3 is 5.97 Å². The highest BCUT2D eigenvalue weighted by Crippen LogP contribution is 2.25. The van der Waals surface area contributed by atoms with Crippen molar-refractivity contribution in [2.45, 2.75) is 23.2 Å². The molecule has 0 bridgehead atoms. The number of hydrogen-bond acceptors (Lipinski definition) is 7. The van der Waals surface area contributed by atoms with Crippen molar-refractivity contribution in [1.82, 2.24) is 14.8 Å². The number of carbonyl (C=O) groups is 2. The minimum atomic E-state index is -1.00. The van der Waals surface area contributed by atoms with Gasteiger partial charge in [-0.1, -0.05) is 11.8 Å². The van der Waals surface area contributed by atoms with E-state index in [0.717, 1.165) is 49.4 Å². The predicted octanol–water partition coefficient (Wildman–Crippen LogP) is 1.26. The first-order valence-electron chi connectivity index (χ1n) is 8.04. The molecule has 9 heteroatoms. The summed E-state index contributed by atoms with van der Waals surface area (Å²) in [5.74, 6) is -0.0459. The molecule has 2 aliphatic rings. The van der Waals surface area contributed by atoms with Crippen LogP contribution in [0.25, 0.3) is 0 Å². The summed E-state index contributed by atoms with van der Waals surface area (Å²) in [6.45, 7) is 5.01. The first kappa shape index (κ1) is 17.7. The molecule has 0 radical (unpaired) electrons. The molecule has 0 aliphatic carbocycles. The van der Waals surface area contributed by atoms with E-state index >= 15 is 0 Å². The molecule has 1 atom stereocenters. The van der Waals surface area contributed by atoms with Crippen molar-refractivity contribution < 1.29 is 19.4 Å². The van der Waals surface area contributed by atoms with Gasteiger partial charge < -0.3 is 14.7 Å². The number of hydrogen-bond donors (Lipinski definition) is 1. The van der Waals surface area contributed by atoms with Crippen LogP contribution >= 0.6 is 23.1 Å². The second-order valence-corrected chi connectivity index (χ2v) is 8.05. The van der Waals surface area contributed by atoms with Gasteiger partial charge in [0.15, 0.2) is 10.0 Å². The first-order chi connectivity index (χ1) is 11.6. The van der Waals surface area contributed by atoms with Crippen LogP contribution in [-0.4, -0.2) is 83.0 Å². The van der Waals surface area contributed by atoms with Gasteiger partial charge in [-0.05, 0) is 6.42 Å². The number of ether oxygens (including phenoxy) is 1. The van der Waals surface area contributed by atoms with Gasteiger partial charge in [0.25, 0.3) is 0 Å². The molecule has 3 rings (SSSR count). The Kier molecular flexibility index (Phi) is 6.09. The number of aromatic nitrogens is 1. The minimum Gasteiger partial charge on any atom is -0.476 e. The Morgan fingerprint density at radius 1 is 1.46 bits per heavy atom. The van der Waals surface area contributed by atoms with Crippen molar-refractivity contribution in [3.63, 3.8) is 0 Å². The average molecular weight is 371 g/mol. The van der Waals surface area contributed by atoms with Crippen LogP contribution in [0, 0.1) is 0 Å². The van der Waals surface area contributed by atoms with E-state index < -0.39 is 5.97 Å². The van der Waals surface area contributed by atoms with Crippen LogP contribution in [0.1, 0.15) is 23.3 Å². The number of carboxylic acids is 1. The van der Waals surface area contributed by atoms with Crippen molar-refractivity contribution >= 4 is 35.0 Å². The van der Waals surface area contributed by atoms with Gasteiger partial charge in [-0.2, -0.15) is 0 Å². The molecule has 3 heterocycles. The average Bonchev–Trinajstić information content (AvgIpc) is 3.18. The van der Waals surface area contributed by atoms with Crippen molar-refractivity contribution in [1.29, 1.82) is 0 Å². The fourth-order valence-electron chi connectivity index (χ4n) is 3.03. The Labute approximate surface area is 149 Å². The number of likely N-dealkylation sites (tertiary alicyclic amines) is 1. The highest BCUT2D eigenvalue weighted by Gasteiger charge is 2.32. The van der Waals surface area contributed by atoms with Crippen LogP contribution in [0.4, 0.5) is 0 Å². The quantitative estimate of drug-likeness (QED) is 0.723. The van der Waals surface area contributed by atoms with Crippen LogP contribution in [-0.2, 0) is 9.53 Å². The molecule has 2 saturated heterocycles. The number of carboxylic acid groups (broad SMARTS) is 1. The first-order valence-corrected chi connectivity index (χ1v) is 9.91. The summed E-state index contributed by atoms with van der Waals surface area (Å²) in [4.78, 5) is 31.4. The number of thioether (sulfide) groups is 1. The van der Waals surface area contributed by atoms with Gasteiger partial charge in [-0.25, -0.2) is 9.78 Å². The number of rotatable bonds is 7.